The summed E-state index contributed by atoms with van der Waals surface area (Å²) in [5.41, 5.74) is 0.903. The Hall–Kier alpha value is -1.42. The summed E-state index contributed by atoms with van der Waals surface area (Å²) in [6, 6.07) is 5.15. The van der Waals surface area contributed by atoms with Gasteiger partial charge in [0.1, 0.15) is 0 Å². The maximum Gasteiger partial charge on any atom is 0.262 e. The van der Waals surface area contributed by atoms with E-state index in [1.807, 2.05) is 0 Å². The first-order valence-corrected chi connectivity index (χ1v) is 5.21. The molecule has 0 aliphatic carbocycles. The number of halogens is 1. The van der Waals surface area contributed by atoms with Gasteiger partial charge in [0.05, 0.1) is 11.1 Å². The molecule has 0 bridgehead atoms. The Bertz CT molecular complexity index is 468. The molecule has 0 aromatic heterocycles. The number of amides is 2. The molecule has 0 saturated heterocycles. The third kappa shape index (κ3) is 1.41. The second-order valence-electron chi connectivity index (χ2n) is 3.17. The van der Waals surface area contributed by atoms with Crippen LogP contribution in [0.15, 0.2) is 35.3 Å². The molecule has 2 rings (SSSR count). The van der Waals surface area contributed by atoms with Gasteiger partial charge in [0.25, 0.3) is 11.8 Å². The van der Waals surface area contributed by atoms with E-state index in [0.29, 0.717) is 15.6 Å². The van der Waals surface area contributed by atoms with Gasteiger partial charge in [0, 0.05) is 11.0 Å². The van der Waals surface area contributed by atoms with E-state index in [9.17, 15) is 9.59 Å². The van der Waals surface area contributed by atoms with Crippen molar-refractivity contribution in [3.8, 4) is 0 Å². The fraction of sp³-hybridized carbons (Fsp3) is 0.0909. The van der Waals surface area contributed by atoms with Crippen LogP contribution >= 0.6 is 15.9 Å². The normalized spacial score (nSPS) is 14.3. The van der Waals surface area contributed by atoms with Crippen molar-refractivity contribution >= 4 is 27.7 Å². The Kier molecular flexibility index (Phi) is 2.44. The van der Waals surface area contributed by atoms with Crippen molar-refractivity contribution in [3.63, 3.8) is 0 Å². The minimum absolute atomic E-state index is 0.249. The van der Waals surface area contributed by atoms with Crippen LogP contribution in [0.3, 0.4) is 0 Å². The van der Waals surface area contributed by atoms with Gasteiger partial charge in [-0.15, -0.1) is 6.58 Å². The zero-order valence-electron chi connectivity index (χ0n) is 7.87. The Morgan fingerprint density at radius 2 is 2.07 bits per heavy atom. The van der Waals surface area contributed by atoms with Crippen molar-refractivity contribution in [1.29, 1.82) is 0 Å². The molecule has 0 fully saturated rings. The Labute approximate surface area is 95.5 Å². The summed E-state index contributed by atoms with van der Waals surface area (Å²) in [4.78, 5) is 24.8. The topological polar surface area (TPSA) is 37.4 Å². The maximum atomic E-state index is 11.8. The van der Waals surface area contributed by atoms with E-state index in [1.54, 1.807) is 18.2 Å². The molecule has 0 atom stereocenters. The van der Waals surface area contributed by atoms with Crippen LogP contribution in [0, 0.1) is 0 Å². The molecule has 0 N–H and O–H groups in total. The van der Waals surface area contributed by atoms with Gasteiger partial charge in [-0.05, 0) is 28.1 Å². The van der Waals surface area contributed by atoms with E-state index in [2.05, 4.69) is 22.5 Å². The van der Waals surface area contributed by atoms with Crippen LogP contribution in [-0.2, 0) is 0 Å². The van der Waals surface area contributed by atoms with Gasteiger partial charge in [0.2, 0.25) is 0 Å². The minimum atomic E-state index is -0.262. The number of rotatable bonds is 2. The zero-order chi connectivity index (χ0) is 11.0. The minimum Gasteiger partial charge on any atom is -0.270 e. The van der Waals surface area contributed by atoms with Crippen molar-refractivity contribution in [3.05, 3.63) is 46.5 Å². The molecule has 76 valence electrons. The molecule has 1 aromatic carbocycles. The first-order valence-electron chi connectivity index (χ1n) is 4.42. The lowest BCUT2D eigenvalue weighted by Gasteiger charge is -2.09. The Morgan fingerprint density at radius 3 is 2.67 bits per heavy atom. The maximum absolute atomic E-state index is 11.8. The molecule has 1 aliphatic heterocycles. The van der Waals surface area contributed by atoms with Gasteiger partial charge >= 0.3 is 0 Å². The lowest BCUT2D eigenvalue weighted by molar-refractivity contribution is 0.0672. The van der Waals surface area contributed by atoms with Gasteiger partial charge in [-0.2, -0.15) is 0 Å². The smallest absolute Gasteiger partial charge is 0.262 e. The number of nitrogens with zero attached hydrogens (tertiary/aromatic N) is 1. The number of imide groups is 1. The van der Waals surface area contributed by atoms with Crippen LogP contribution in [0.25, 0.3) is 0 Å². The van der Waals surface area contributed by atoms with Crippen molar-refractivity contribution < 1.29 is 9.59 Å². The summed E-state index contributed by atoms with van der Waals surface area (Å²) in [5, 5.41) is 0. The van der Waals surface area contributed by atoms with E-state index in [4.69, 9.17) is 0 Å². The van der Waals surface area contributed by atoms with Gasteiger partial charge < -0.3 is 0 Å². The second kappa shape index (κ2) is 3.62. The summed E-state index contributed by atoms with van der Waals surface area (Å²) in [7, 11) is 0. The molecule has 2 amide bonds. The highest BCUT2D eigenvalue weighted by atomic mass is 79.9. The fourth-order valence-corrected chi connectivity index (χ4v) is 2.12. The average molecular weight is 266 g/mol. The molecule has 0 radical (unpaired) electrons. The van der Waals surface area contributed by atoms with Crippen LogP contribution in [0.5, 0.6) is 0 Å². The lowest BCUT2D eigenvalue weighted by Crippen LogP contribution is -2.29. The summed E-state index contributed by atoms with van der Waals surface area (Å²) in [6.07, 6.45) is 1.54. The molecule has 3 nitrogen and oxygen atoms in total. The molecule has 0 saturated carbocycles. The zero-order valence-corrected chi connectivity index (χ0v) is 9.45. The summed E-state index contributed by atoms with van der Waals surface area (Å²) < 4.78 is 0.657. The highest BCUT2D eigenvalue weighted by molar-refractivity contribution is 9.10. The molecule has 1 heterocycles. The van der Waals surface area contributed by atoms with Crippen LogP contribution in [0.1, 0.15) is 20.7 Å². The first-order chi connectivity index (χ1) is 7.16. The third-order valence-corrected chi connectivity index (χ3v) is 2.92. The molecular weight excluding hydrogens is 258 g/mol. The number of benzene rings is 1. The van der Waals surface area contributed by atoms with Crippen LogP contribution in [0.2, 0.25) is 0 Å². The second-order valence-corrected chi connectivity index (χ2v) is 4.03. The fourth-order valence-electron chi connectivity index (χ4n) is 1.59. The van der Waals surface area contributed by atoms with Crippen molar-refractivity contribution in [2.45, 2.75) is 0 Å². The number of fused-ring (bicyclic) bond motifs is 1. The van der Waals surface area contributed by atoms with E-state index in [1.165, 1.54) is 11.0 Å². The predicted molar refractivity (Wildman–Crippen MR) is 59.7 cm³/mol. The van der Waals surface area contributed by atoms with Crippen molar-refractivity contribution in [1.82, 2.24) is 4.90 Å². The van der Waals surface area contributed by atoms with E-state index >= 15 is 0 Å². The monoisotopic (exact) mass is 265 g/mol. The summed E-state index contributed by atoms with van der Waals surface area (Å²) >= 11 is 3.27. The lowest BCUT2D eigenvalue weighted by atomic mass is 10.1. The molecule has 15 heavy (non-hydrogen) atoms. The van der Waals surface area contributed by atoms with Gasteiger partial charge in [-0.1, -0.05) is 12.1 Å². The number of carbonyl (C=O) groups is 2. The number of hydrogen-bond acceptors (Lipinski definition) is 2. The highest BCUT2D eigenvalue weighted by Crippen LogP contribution is 2.28. The Morgan fingerprint density at radius 1 is 1.33 bits per heavy atom. The summed E-state index contributed by atoms with van der Waals surface area (Å²) in [6.45, 7) is 3.77. The third-order valence-electron chi connectivity index (χ3n) is 2.26. The highest BCUT2D eigenvalue weighted by Gasteiger charge is 2.35. The number of hydrogen-bond donors (Lipinski definition) is 0. The van der Waals surface area contributed by atoms with Gasteiger partial charge in [0.15, 0.2) is 0 Å². The van der Waals surface area contributed by atoms with Crippen LogP contribution < -0.4 is 0 Å². The first kappa shape index (κ1) is 10.1. The molecule has 1 aromatic rings. The van der Waals surface area contributed by atoms with Crippen LogP contribution in [-0.4, -0.2) is 23.3 Å². The van der Waals surface area contributed by atoms with E-state index in [0.717, 1.165) is 0 Å². The molecule has 1 aliphatic rings. The molecule has 4 heteroatoms. The largest absolute Gasteiger partial charge is 0.270 e. The van der Waals surface area contributed by atoms with E-state index < -0.39 is 0 Å². The average Bonchev–Trinajstić information content (AvgIpc) is 2.45. The number of carbonyl (C=O) groups excluding carboxylic acids is 2. The predicted octanol–water partition coefficient (Wildman–Crippen LogP) is 2.23. The van der Waals surface area contributed by atoms with Crippen molar-refractivity contribution in [2.75, 3.05) is 6.54 Å². The van der Waals surface area contributed by atoms with Crippen molar-refractivity contribution in [2.24, 2.45) is 0 Å². The Balaban J connectivity index is 2.55. The molecule has 0 spiro atoms. The quantitative estimate of drug-likeness (QED) is 0.608. The van der Waals surface area contributed by atoms with Gasteiger partial charge in [-0.3, -0.25) is 14.5 Å². The summed E-state index contributed by atoms with van der Waals surface area (Å²) in [5.74, 6) is -0.515. The molecule has 0 unspecified atom stereocenters. The van der Waals surface area contributed by atoms with Gasteiger partial charge in [-0.25, -0.2) is 0 Å². The standard InChI is InChI=1S/C11H8BrNO2/c1-2-6-13-10(14)7-4-3-5-8(12)9(7)11(13)15/h2-5H,1,6H2. The van der Waals surface area contributed by atoms with E-state index in [-0.39, 0.29) is 18.4 Å². The van der Waals surface area contributed by atoms with Crippen LogP contribution in [0.4, 0.5) is 0 Å². The SMILES string of the molecule is C=CCN1C(=O)c2cccc(Br)c2C1=O. The molecular formula is C11H8BrNO2.